The van der Waals surface area contributed by atoms with E-state index < -0.39 is 29.7 Å². The molecule has 0 aromatic heterocycles. The molecule has 1 aromatic carbocycles. The highest BCUT2D eigenvalue weighted by Crippen LogP contribution is 2.27. The third-order valence-corrected chi connectivity index (χ3v) is 2.61. The Balaban J connectivity index is 2.71. The van der Waals surface area contributed by atoms with Gasteiger partial charge in [-0.2, -0.15) is 0 Å². The Morgan fingerprint density at radius 2 is 1.77 bits per heavy atom. The first kappa shape index (κ1) is 17.8. The molecule has 122 valence electrons. The van der Waals surface area contributed by atoms with Crippen LogP contribution in [0.15, 0.2) is 24.3 Å². The number of benzene rings is 1. The minimum Gasteiger partial charge on any atom is -0.486 e. The number of nitrogens with one attached hydrogen (secondary N) is 2. The van der Waals surface area contributed by atoms with Gasteiger partial charge in [-0.3, -0.25) is 0 Å². The van der Waals surface area contributed by atoms with Gasteiger partial charge in [0, 0.05) is 0 Å². The third kappa shape index (κ3) is 5.61. The Hall–Kier alpha value is -2.28. The maximum atomic E-state index is 11.8. The standard InChI is InChI=1S/C15H22N2O5/c1-14(2,3)22-11-8-6-5-7-10(11)17-13(20)16-9-15(4,21)12(18)19/h5-8,21H,9H2,1-4H3,(H,18,19)(H2,16,17,20). The van der Waals surface area contributed by atoms with Crippen molar-refractivity contribution in [1.29, 1.82) is 0 Å². The summed E-state index contributed by atoms with van der Waals surface area (Å²) in [7, 11) is 0. The average Bonchev–Trinajstić information content (AvgIpc) is 2.37. The molecule has 2 amide bonds. The third-order valence-electron chi connectivity index (χ3n) is 2.61. The molecule has 0 bridgehead atoms. The zero-order chi connectivity index (χ0) is 17.0. The van der Waals surface area contributed by atoms with Gasteiger partial charge in [0.2, 0.25) is 0 Å². The molecule has 0 saturated carbocycles. The van der Waals surface area contributed by atoms with Crippen LogP contribution in [0.2, 0.25) is 0 Å². The quantitative estimate of drug-likeness (QED) is 0.663. The Bertz CT molecular complexity index is 549. The molecule has 0 aliphatic carbocycles. The van der Waals surface area contributed by atoms with Crippen LogP contribution in [0, 0.1) is 0 Å². The van der Waals surface area contributed by atoms with Crippen molar-refractivity contribution in [1.82, 2.24) is 5.32 Å². The van der Waals surface area contributed by atoms with Gasteiger partial charge in [0.1, 0.15) is 11.4 Å². The van der Waals surface area contributed by atoms with Gasteiger partial charge in [0.05, 0.1) is 12.2 Å². The molecule has 0 heterocycles. The number of carbonyl (C=O) groups is 2. The predicted molar refractivity (Wildman–Crippen MR) is 82.1 cm³/mol. The maximum Gasteiger partial charge on any atom is 0.337 e. The number of para-hydroxylation sites is 2. The Kier molecular flexibility index (Phi) is 5.38. The van der Waals surface area contributed by atoms with Crippen molar-refractivity contribution in [2.75, 3.05) is 11.9 Å². The molecule has 0 saturated heterocycles. The smallest absolute Gasteiger partial charge is 0.337 e. The monoisotopic (exact) mass is 310 g/mol. The van der Waals surface area contributed by atoms with Crippen molar-refractivity contribution in [3.8, 4) is 5.75 Å². The molecule has 1 aromatic rings. The fourth-order valence-corrected chi connectivity index (χ4v) is 1.48. The molecule has 0 aliphatic rings. The number of aliphatic hydroxyl groups is 1. The average molecular weight is 310 g/mol. The predicted octanol–water partition coefficient (Wildman–Crippen LogP) is 1.82. The zero-order valence-corrected chi connectivity index (χ0v) is 13.1. The van der Waals surface area contributed by atoms with E-state index >= 15 is 0 Å². The van der Waals surface area contributed by atoms with E-state index in [2.05, 4.69) is 10.6 Å². The normalized spacial score (nSPS) is 13.9. The number of amides is 2. The van der Waals surface area contributed by atoms with E-state index in [0.29, 0.717) is 11.4 Å². The lowest BCUT2D eigenvalue weighted by Gasteiger charge is -2.23. The van der Waals surface area contributed by atoms with Crippen molar-refractivity contribution in [2.24, 2.45) is 0 Å². The van der Waals surface area contributed by atoms with Crippen LogP contribution in [0.5, 0.6) is 5.75 Å². The molecule has 7 nitrogen and oxygen atoms in total. The molecule has 0 fully saturated rings. The first-order chi connectivity index (χ1) is 10.0. The molecule has 0 spiro atoms. The van der Waals surface area contributed by atoms with Crippen LogP contribution < -0.4 is 15.4 Å². The number of hydrogen-bond donors (Lipinski definition) is 4. The highest BCUT2D eigenvalue weighted by Gasteiger charge is 2.30. The van der Waals surface area contributed by atoms with Gasteiger partial charge < -0.3 is 25.6 Å². The van der Waals surface area contributed by atoms with E-state index in [9.17, 15) is 14.7 Å². The highest BCUT2D eigenvalue weighted by atomic mass is 16.5. The van der Waals surface area contributed by atoms with Crippen LogP contribution in [-0.2, 0) is 4.79 Å². The van der Waals surface area contributed by atoms with Gasteiger partial charge in [0.25, 0.3) is 0 Å². The summed E-state index contributed by atoms with van der Waals surface area (Å²) in [6, 6.07) is 6.26. The summed E-state index contributed by atoms with van der Waals surface area (Å²) in [6.45, 7) is 6.33. The van der Waals surface area contributed by atoms with Gasteiger partial charge in [-0.15, -0.1) is 0 Å². The lowest BCUT2D eigenvalue weighted by molar-refractivity contribution is -0.155. The minimum atomic E-state index is -2.03. The van der Waals surface area contributed by atoms with Crippen LogP contribution in [0.4, 0.5) is 10.5 Å². The van der Waals surface area contributed by atoms with E-state index in [0.717, 1.165) is 6.92 Å². The molecular weight excluding hydrogens is 288 g/mol. The number of rotatable bonds is 5. The van der Waals surface area contributed by atoms with Gasteiger partial charge in [0.15, 0.2) is 5.60 Å². The highest BCUT2D eigenvalue weighted by molar-refractivity contribution is 5.91. The number of carboxylic acids is 1. The fraction of sp³-hybridized carbons (Fsp3) is 0.467. The summed E-state index contributed by atoms with van der Waals surface area (Å²) in [5, 5.41) is 23.2. The lowest BCUT2D eigenvalue weighted by atomic mass is 10.1. The summed E-state index contributed by atoms with van der Waals surface area (Å²) in [5.41, 5.74) is -2.01. The number of carbonyl (C=O) groups excluding carboxylic acids is 1. The van der Waals surface area contributed by atoms with Crippen molar-refractivity contribution in [2.45, 2.75) is 38.9 Å². The summed E-state index contributed by atoms with van der Waals surface area (Å²) in [4.78, 5) is 22.6. The van der Waals surface area contributed by atoms with E-state index in [4.69, 9.17) is 9.84 Å². The van der Waals surface area contributed by atoms with Crippen LogP contribution in [0.25, 0.3) is 0 Å². The second-order valence-electron chi connectivity index (χ2n) is 6.10. The second-order valence-corrected chi connectivity index (χ2v) is 6.10. The van der Waals surface area contributed by atoms with E-state index in [1.54, 1.807) is 24.3 Å². The number of urea groups is 1. The molecule has 1 unspecified atom stereocenters. The Labute approximate surface area is 129 Å². The maximum absolute atomic E-state index is 11.8. The van der Waals surface area contributed by atoms with Crippen molar-refractivity contribution < 1.29 is 24.5 Å². The van der Waals surface area contributed by atoms with Crippen molar-refractivity contribution >= 4 is 17.7 Å². The number of aliphatic carboxylic acids is 1. The second kappa shape index (κ2) is 6.65. The van der Waals surface area contributed by atoms with E-state index in [-0.39, 0.29) is 0 Å². The zero-order valence-electron chi connectivity index (χ0n) is 13.1. The molecule has 1 atom stereocenters. The molecule has 4 N–H and O–H groups in total. The van der Waals surface area contributed by atoms with Crippen LogP contribution in [0.3, 0.4) is 0 Å². The summed E-state index contributed by atoms with van der Waals surface area (Å²) in [6.07, 6.45) is 0. The van der Waals surface area contributed by atoms with E-state index in [1.165, 1.54) is 0 Å². The number of hydrogen-bond acceptors (Lipinski definition) is 4. The minimum absolute atomic E-state index is 0.420. The fourth-order valence-electron chi connectivity index (χ4n) is 1.48. The number of ether oxygens (including phenoxy) is 1. The van der Waals surface area contributed by atoms with E-state index in [1.807, 2.05) is 20.8 Å². The van der Waals surface area contributed by atoms with Gasteiger partial charge in [-0.1, -0.05) is 12.1 Å². The topological polar surface area (TPSA) is 108 Å². The SMILES string of the molecule is CC(C)(C)Oc1ccccc1NC(=O)NCC(C)(O)C(=O)O. The molecular formula is C15H22N2O5. The molecule has 0 radical (unpaired) electrons. The van der Waals surface area contributed by atoms with Gasteiger partial charge >= 0.3 is 12.0 Å². The largest absolute Gasteiger partial charge is 0.486 e. The molecule has 22 heavy (non-hydrogen) atoms. The first-order valence-corrected chi connectivity index (χ1v) is 6.80. The number of anilines is 1. The number of carboxylic acid groups (broad SMARTS) is 1. The van der Waals surface area contributed by atoms with Crippen molar-refractivity contribution in [3.05, 3.63) is 24.3 Å². The first-order valence-electron chi connectivity index (χ1n) is 6.80. The van der Waals surface area contributed by atoms with Crippen molar-refractivity contribution in [3.63, 3.8) is 0 Å². The summed E-state index contributed by atoms with van der Waals surface area (Å²) >= 11 is 0. The summed E-state index contributed by atoms with van der Waals surface area (Å²) < 4.78 is 5.73. The Morgan fingerprint density at radius 3 is 2.32 bits per heavy atom. The van der Waals surface area contributed by atoms with Crippen LogP contribution in [0.1, 0.15) is 27.7 Å². The summed E-state index contributed by atoms with van der Waals surface area (Å²) in [5.74, 6) is -0.917. The molecule has 1 rings (SSSR count). The Morgan fingerprint density at radius 1 is 1.18 bits per heavy atom. The molecule has 0 aliphatic heterocycles. The van der Waals surface area contributed by atoms with Gasteiger partial charge in [-0.05, 0) is 39.8 Å². The lowest BCUT2D eigenvalue weighted by Crippen LogP contribution is -2.47. The van der Waals surface area contributed by atoms with Crippen LogP contribution >= 0.6 is 0 Å². The van der Waals surface area contributed by atoms with Gasteiger partial charge in [-0.25, -0.2) is 9.59 Å². The van der Waals surface area contributed by atoms with Crippen LogP contribution in [-0.4, -0.2) is 40.0 Å². The molecule has 7 heteroatoms.